The maximum atomic E-state index is 13.4. The molecule has 0 bridgehead atoms. The van der Waals surface area contributed by atoms with Gasteiger partial charge >= 0.3 is 5.97 Å². The number of halogens is 2. The Morgan fingerprint density at radius 2 is 2.31 bits per heavy atom. The molecule has 0 aliphatic carbocycles. The van der Waals surface area contributed by atoms with E-state index >= 15 is 0 Å². The first kappa shape index (κ1) is 12.7. The van der Waals surface area contributed by atoms with Crippen molar-refractivity contribution in [1.82, 2.24) is 0 Å². The summed E-state index contributed by atoms with van der Waals surface area (Å²) in [4.78, 5) is 10.5. The molecule has 1 aromatic rings. The zero-order valence-corrected chi connectivity index (χ0v) is 9.29. The Morgan fingerprint density at radius 1 is 1.69 bits per heavy atom. The van der Waals surface area contributed by atoms with E-state index in [2.05, 4.69) is 0 Å². The number of aliphatic carboxylic acids is 1. The van der Waals surface area contributed by atoms with Crippen molar-refractivity contribution in [3.63, 3.8) is 0 Å². The Labute approximate surface area is 96.8 Å². The monoisotopic (exact) mass is 247 g/mol. The van der Waals surface area contributed by atoms with Crippen molar-refractivity contribution in [2.45, 2.75) is 12.5 Å². The highest BCUT2D eigenvalue weighted by Gasteiger charge is 2.19. The molecular weight excluding hydrogens is 237 g/mol. The molecule has 4 nitrogen and oxygen atoms in total. The molecule has 1 atom stereocenters. The van der Waals surface area contributed by atoms with Gasteiger partial charge < -0.3 is 15.6 Å². The van der Waals surface area contributed by atoms with Crippen molar-refractivity contribution in [2.24, 2.45) is 5.73 Å². The summed E-state index contributed by atoms with van der Waals surface area (Å²) in [6.45, 7) is 0. The van der Waals surface area contributed by atoms with E-state index < -0.39 is 17.8 Å². The van der Waals surface area contributed by atoms with Crippen LogP contribution in [0.25, 0.3) is 0 Å². The molecule has 1 rings (SSSR count). The topological polar surface area (TPSA) is 72.5 Å². The number of hydrogen-bond acceptors (Lipinski definition) is 3. The molecule has 0 heterocycles. The predicted octanol–water partition coefficient (Wildman–Crippen LogP) is 1.96. The molecule has 0 saturated carbocycles. The van der Waals surface area contributed by atoms with Crippen LogP contribution in [-0.2, 0) is 4.79 Å². The fraction of sp³-hybridized carbons (Fsp3) is 0.300. The lowest BCUT2D eigenvalue weighted by atomic mass is 10.0. The van der Waals surface area contributed by atoms with E-state index in [-0.39, 0.29) is 22.8 Å². The smallest absolute Gasteiger partial charge is 0.305 e. The van der Waals surface area contributed by atoms with Crippen molar-refractivity contribution < 1.29 is 19.0 Å². The molecule has 88 valence electrons. The first-order valence-corrected chi connectivity index (χ1v) is 4.83. The van der Waals surface area contributed by atoms with E-state index in [0.29, 0.717) is 0 Å². The Hall–Kier alpha value is -1.33. The fourth-order valence-electron chi connectivity index (χ4n) is 1.37. The van der Waals surface area contributed by atoms with Crippen LogP contribution >= 0.6 is 11.6 Å². The van der Waals surface area contributed by atoms with Gasteiger partial charge in [0.2, 0.25) is 0 Å². The highest BCUT2D eigenvalue weighted by Crippen LogP contribution is 2.31. The maximum absolute atomic E-state index is 13.4. The van der Waals surface area contributed by atoms with Crippen molar-refractivity contribution in [3.8, 4) is 5.75 Å². The summed E-state index contributed by atoms with van der Waals surface area (Å²) in [5.74, 6) is -1.81. The van der Waals surface area contributed by atoms with Crippen LogP contribution < -0.4 is 10.5 Å². The van der Waals surface area contributed by atoms with Gasteiger partial charge in [-0.1, -0.05) is 11.6 Å². The number of ether oxygens (including phenoxy) is 1. The highest BCUT2D eigenvalue weighted by molar-refractivity contribution is 6.30. The zero-order chi connectivity index (χ0) is 12.3. The van der Waals surface area contributed by atoms with Gasteiger partial charge in [0, 0.05) is 16.6 Å². The number of carboxylic acid groups (broad SMARTS) is 1. The van der Waals surface area contributed by atoms with E-state index in [9.17, 15) is 9.18 Å². The SMILES string of the molecule is COc1c(F)cc(Cl)cc1C(N)CC(=O)O. The number of hydrogen-bond donors (Lipinski definition) is 2. The molecule has 0 aromatic heterocycles. The molecule has 6 heteroatoms. The van der Waals surface area contributed by atoms with Gasteiger partial charge in [-0.05, 0) is 12.1 Å². The number of carbonyl (C=O) groups is 1. The summed E-state index contributed by atoms with van der Waals surface area (Å²) in [7, 11) is 1.28. The van der Waals surface area contributed by atoms with Gasteiger partial charge in [0.1, 0.15) is 0 Å². The minimum atomic E-state index is -1.07. The Balaban J connectivity index is 3.15. The van der Waals surface area contributed by atoms with Crippen LogP contribution in [-0.4, -0.2) is 18.2 Å². The van der Waals surface area contributed by atoms with E-state index in [4.69, 9.17) is 27.2 Å². The maximum Gasteiger partial charge on any atom is 0.305 e. The third-order valence-corrected chi connectivity index (χ3v) is 2.25. The van der Waals surface area contributed by atoms with Gasteiger partial charge in [0.05, 0.1) is 13.5 Å². The van der Waals surface area contributed by atoms with Crippen LogP contribution in [0.1, 0.15) is 18.0 Å². The van der Waals surface area contributed by atoms with Crippen LogP contribution in [0.5, 0.6) is 5.75 Å². The average molecular weight is 248 g/mol. The van der Waals surface area contributed by atoms with E-state index in [0.717, 1.165) is 6.07 Å². The summed E-state index contributed by atoms with van der Waals surface area (Å²) in [6.07, 6.45) is -0.323. The molecule has 16 heavy (non-hydrogen) atoms. The van der Waals surface area contributed by atoms with E-state index in [1.54, 1.807) is 0 Å². The molecule has 0 radical (unpaired) electrons. The summed E-state index contributed by atoms with van der Waals surface area (Å²) >= 11 is 5.66. The van der Waals surface area contributed by atoms with Gasteiger partial charge in [-0.2, -0.15) is 0 Å². The van der Waals surface area contributed by atoms with E-state index in [1.165, 1.54) is 13.2 Å². The van der Waals surface area contributed by atoms with Crippen LogP contribution in [0.3, 0.4) is 0 Å². The van der Waals surface area contributed by atoms with Gasteiger partial charge in [-0.3, -0.25) is 4.79 Å². The van der Waals surface area contributed by atoms with Gasteiger partial charge in [0.25, 0.3) is 0 Å². The lowest BCUT2D eigenvalue weighted by Crippen LogP contribution is -2.16. The van der Waals surface area contributed by atoms with Crippen LogP contribution in [0.4, 0.5) is 4.39 Å². The second-order valence-corrected chi connectivity index (χ2v) is 3.65. The minimum absolute atomic E-state index is 0.0712. The zero-order valence-electron chi connectivity index (χ0n) is 8.54. The normalized spacial score (nSPS) is 12.2. The molecule has 0 aliphatic rings. The number of benzene rings is 1. The third-order valence-electron chi connectivity index (χ3n) is 2.04. The van der Waals surface area contributed by atoms with Crippen molar-refractivity contribution >= 4 is 17.6 Å². The Bertz CT molecular complexity index is 411. The lowest BCUT2D eigenvalue weighted by Gasteiger charge is -2.15. The van der Waals surface area contributed by atoms with Gasteiger partial charge in [-0.25, -0.2) is 4.39 Å². The molecule has 1 unspecified atom stereocenters. The highest BCUT2D eigenvalue weighted by atomic mass is 35.5. The standard InChI is InChI=1S/C10H11ClFNO3/c1-16-10-6(8(13)4-9(14)15)2-5(11)3-7(10)12/h2-3,8H,4,13H2,1H3,(H,14,15). The minimum Gasteiger partial charge on any atom is -0.493 e. The average Bonchev–Trinajstić information content (AvgIpc) is 2.15. The van der Waals surface area contributed by atoms with Crippen molar-refractivity contribution in [1.29, 1.82) is 0 Å². The lowest BCUT2D eigenvalue weighted by molar-refractivity contribution is -0.137. The number of methoxy groups -OCH3 is 1. The second kappa shape index (κ2) is 5.14. The Morgan fingerprint density at radius 3 is 2.81 bits per heavy atom. The number of rotatable bonds is 4. The summed E-state index contributed by atoms with van der Waals surface area (Å²) in [6, 6.07) is 1.62. The first-order chi connectivity index (χ1) is 7.45. The fourth-order valence-corrected chi connectivity index (χ4v) is 1.58. The molecule has 0 fully saturated rings. The molecule has 0 aliphatic heterocycles. The van der Waals surface area contributed by atoms with Gasteiger partial charge in [-0.15, -0.1) is 0 Å². The Kier molecular flexibility index (Phi) is 4.09. The van der Waals surface area contributed by atoms with Crippen LogP contribution in [0.2, 0.25) is 5.02 Å². The third kappa shape index (κ3) is 2.84. The van der Waals surface area contributed by atoms with Crippen molar-refractivity contribution in [3.05, 3.63) is 28.5 Å². The summed E-state index contributed by atoms with van der Waals surface area (Å²) < 4.78 is 18.2. The number of nitrogens with two attached hydrogens (primary N) is 1. The molecular formula is C10H11ClFNO3. The molecule has 0 spiro atoms. The molecule has 0 saturated heterocycles. The van der Waals surface area contributed by atoms with Crippen LogP contribution in [0.15, 0.2) is 12.1 Å². The summed E-state index contributed by atoms with van der Waals surface area (Å²) in [5.41, 5.74) is 5.87. The first-order valence-electron chi connectivity index (χ1n) is 4.46. The quantitative estimate of drug-likeness (QED) is 0.853. The second-order valence-electron chi connectivity index (χ2n) is 3.21. The molecule has 1 aromatic carbocycles. The molecule has 3 N–H and O–H groups in total. The van der Waals surface area contributed by atoms with E-state index in [1.807, 2.05) is 0 Å². The largest absolute Gasteiger partial charge is 0.493 e. The summed E-state index contributed by atoms with van der Waals surface area (Å²) in [5, 5.41) is 8.75. The number of carboxylic acids is 1. The van der Waals surface area contributed by atoms with Crippen LogP contribution in [0, 0.1) is 5.82 Å². The molecule has 0 amide bonds. The predicted molar refractivity (Wildman–Crippen MR) is 57.1 cm³/mol. The van der Waals surface area contributed by atoms with Crippen molar-refractivity contribution in [2.75, 3.05) is 7.11 Å². The van der Waals surface area contributed by atoms with Gasteiger partial charge in [0.15, 0.2) is 11.6 Å².